The normalized spacial score (nSPS) is 22.4. The molecule has 530 valence electrons. The highest BCUT2D eigenvalue weighted by Crippen LogP contribution is 2.49. The molecule has 93 heavy (non-hydrogen) atoms. The van der Waals surface area contributed by atoms with Crippen LogP contribution in [0.2, 0.25) is 72.5 Å². The zero-order valence-electron chi connectivity index (χ0n) is 60.9. The van der Waals surface area contributed by atoms with E-state index in [2.05, 4.69) is 198 Å². The molecule has 0 aliphatic heterocycles. The number of methoxy groups -OCH3 is 1. The molecule has 2 fully saturated rings. The Hall–Kier alpha value is -3.77. The number of carbonyl (C=O) groups is 2. The predicted molar refractivity (Wildman–Crippen MR) is 377 cm³/mol. The number of unbranched alkanes of at least 4 members (excludes halogenated alkanes) is 2. The number of carbonyl (C=O) groups excluding carboxylic acids is 1. The van der Waals surface area contributed by atoms with Crippen molar-refractivity contribution in [1.29, 1.82) is 0 Å². The Balaban J connectivity index is 0.000000485. The van der Waals surface area contributed by atoms with Crippen molar-refractivity contribution in [3.63, 3.8) is 0 Å². The van der Waals surface area contributed by atoms with Gasteiger partial charge in [-0.1, -0.05) is 158 Å². The number of halogens is 6. The van der Waals surface area contributed by atoms with Crippen LogP contribution in [0, 0.1) is 35.5 Å². The smallest absolute Gasteiger partial charge is 0.416 e. The standard InChI is InChI=1S/C37H61F3O5Si2.C36H59F3O5Si2/c1-27-24-33(45-47(11,12)36(5,6)7)32(20-15-13-14-16-21-34(41)42-8)31(27)23-22-30(44-46(9,10)35(2,3)4)26-43-29-19-17-18-28(25-29)37(38,39)40;1-26-23-32(44-46(10,11)35(5,6)7)31(19-14-12-13-15-20-33(40)41)30(26)22-21-29(43-45(8,9)34(2,3)4)25-42-28-18-16-17-27(24-28)36(37,38)39/h13,15,17-19,22-23,25,27,30-33H,14,16,20-21,24,26H2,1-12H3;12,14,16-18,21-22,24,26,29-32H,13,15,19-20,23,25H2,1-11H3,(H,40,41)/b15-13-,23-22+;14-12-,22-21+/t27-,30-,31+,32-,33+;26-,29-,30+,31-,32+/m11/s1. The number of hydrogen-bond donors (Lipinski definition) is 1. The lowest BCUT2D eigenvalue weighted by Crippen LogP contribution is -2.45. The number of alkyl halides is 6. The average Bonchev–Trinajstić information content (AvgIpc) is 1.68. The van der Waals surface area contributed by atoms with Crippen LogP contribution in [-0.2, 0) is 44.4 Å². The largest absolute Gasteiger partial charge is 0.491 e. The lowest BCUT2D eigenvalue weighted by Gasteiger charge is -2.40. The van der Waals surface area contributed by atoms with Crippen LogP contribution >= 0.6 is 0 Å². The molecule has 0 spiro atoms. The summed E-state index contributed by atoms with van der Waals surface area (Å²) in [6.45, 7) is 49.1. The van der Waals surface area contributed by atoms with E-state index < -0.39 is 74.9 Å². The molecule has 10 nitrogen and oxygen atoms in total. The highest BCUT2D eigenvalue weighted by atomic mass is 28.4. The molecule has 2 aliphatic rings. The summed E-state index contributed by atoms with van der Waals surface area (Å²) < 4.78 is 124. The van der Waals surface area contributed by atoms with Crippen LogP contribution in [0.25, 0.3) is 0 Å². The molecule has 2 aromatic carbocycles. The molecule has 2 saturated carbocycles. The Labute approximate surface area is 561 Å². The maximum Gasteiger partial charge on any atom is 0.416 e. The molecule has 0 unspecified atom stereocenters. The molecule has 20 heteroatoms. The molecule has 0 radical (unpaired) electrons. The summed E-state index contributed by atoms with van der Waals surface area (Å²) in [6.07, 6.45) is 14.7. The minimum Gasteiger partial charge on any atom is -0.491 e. The van der Waals surface area contributed by atoms with E-state index in [-0.39, 0.29) is 93.1 Å². The first-order valence-corrected chi connectivity index (χ1v) is 45.3. The Kier molecular flexibility index (Phi) is 31.1. The van der Waals surface area contributed by atoms with Gasteiger partial charge in [0, 0.05) is 25.0 Å². The number of benzene rings is 2. The fourth-order valence-corrected chi connectivity index (χ4v) is 16.0. The fraction of sp³-hybridized carbons (Fsp3) is 0.699. The number of aliphatic carboxylic acids is 1. The van der Waals surface area contributed by atoms with E-state index in [0.29, 0.717) is 24.7 Å². The predicted octanol–water partition coefficient (Wildman–Crippen LogP) is 21.9. The van der Waals surface area contributed by atoms with E-state index in [4.69, 9.17) is 37.0 Å². The number of carboxylic acid groups (broad SMARTS) is 1. The van der Waals surface area contributed by atoms with E-state index in [0.717, 1.165) is 69.2 Å². The van der Waals surface area contributed by atoms with Gasteiger partial charge >= 0.3 is 24.3 Å². The van der Waals surface area contributed by atoms with Crippen LogP contribution in [0.3, 0.4) is 0 Å². The first-order chi connectivity index (χ1) is 42.4. The summed E-state index contributed by atoms with van der Waals surface area (Å²) >= 11 is 0. The van der Waals surface area contributed by atoms with Crippen molar-refractivity contribution >= 4 is 45.2 Å². The number of rotatable bonds is 30. The summed E-state index contributed by atoms with van der Waals surface area (Å²) in [7, 11) is -7.16. The summed E-state index contributed by atoms with van der Waals surface area (Å²) in [5.41, 5.74) is -1.48. The van der Waals surface area contributed by atoms with Gasteiger partial charge in [0.05, 0.1) is 30.4 Å². The second-order valence-corrected chi connectivity index (χ2v) is 51.2. The average molecular weight is 1380 g/mol. The van der Waals surface area contributed by atoms with Crippen LogP contribution in [0.15, 0.2) is 97.1 Å². The maximum absolute atomic E-state index is 13.4. The second-order valence-electron chi connectivity index (χ2n) is 32.2. The first kappa shape index (κ1) is 83.5. The Morgan fingerprint density at radius 3 is 1.19 bits per heavy atom. The molecule has 10 atom stereocenters. The summed E-state index contributed by atoms with van der Waals surface area (Å²) in [5.74, 6) is 1.01. The van der Waals surface area contributed by atoms with Gasteiger partial charge < -0.3 is 37.0 Å². The molecule has 0 amide bonds. The third-order valence-electron chi connectivity index (χ3n) is 20.6. The molecular formula is C73H120F6O10Si4. The summed E-state index contributed by atoms with van der Waals surface area (Å²) in [4.78, 5) is 22.4. The van der Waals surface area contributed by atoms with Crippen LogP contribution in [-0.4, -0.2) is 95.1 Å². The molecule has 2 aliphatic carbocycles. The molecule has 0 bridgehead atoms. The van der Waals surface area contributed by atoms with Crippen molar-refractivity contribution in [3.05, 3.63) is 108 Å². The molecule has 2 aromatic rings. The van der Waals surface area contributed by atoms with Crippen molar-refractivity contribution in [2.45, 2.75) is 270 Å². The number of allylic oxidation sites excluding steroid dienone is 6. The Bertz CT molecular complexity index is 2750. The SMILES string of the molecule is COC(=O)CCC/C=C\C[C@@H]1[C@@H](/C=C/[C@H](COc2cccc(C(F)(F)F)c2)O[Si](C)(C)C(C)(C)C)[C@H](C)C[C@@H]1O[Si](C)(C)C(C)(C)C.C[C@@H]1C[C@H](O[Si](C)(C)C(C)(C)C)[C@H](C/C=C\CCCC(=O)O)[C@H]1/C=C/[C@H](COc1cccc(C(F)(F)F)c1)O[Si](C)(C)C(C)(C)C. The number of carboxylic acids is 1. The van der Waals surface area contributed by atoms with E-state index in [9.17, 15) is 35.9 Å². The molecule has 0 saturated heterocycles. The van der Waals surface area contributed by atoms with Crippen molar-refractivity contribution in [3.8, 4) is 11.5 Å². The zero-order chi connectivity index (χ0) is 71.0. The highest BCUT2D eigenvalue weighted by molar-refractivity contribution is 6.75. The second kappa shape index (κ2) is 34.6. The Morgan fingerprint density at radius 2 is 0.882 bits per heavy atom. The zero-order valence-corrected chi connectivity index (χ0v) is 64.9. The van der Waals surface area contributed by atoms with Gasteiger partial charge in [-0.25, -0.2) is 0 Å². The van der Waals surface area contributed by atoms with Gasteiger partial charge in [-0.05, 0) is 196 Å². The molecule has 0 aromatic heterocycles. The van der Waals surface area contributed by atoms with E-state index in [1.165, 1.54) is 19.2 Å². The number of esters is 1. The molecule has 4 rings (SSSR count). The Morgan fingerprint density at radius 1 is 0.538 bits per heavy atom. The van der Waals surface area contributed by atoms with E-state index in [1.807, 2.05) is 0 Å². The quantitative estimate of drug-likeness (QED) is 0.0266. The minimum absolute atomic E-state index is 0.0563. The van der Waals surface area contributed by atoms with Gasteiger partial charge in [0.1, 0.15) is 24.7 Å². The van der Waals surface area contributed by atoms with Gasteiger partial charge in [0.15, 0.2) is 33.3 Å². The summed E-state index contributed by atoms with van der Waals surface area (Å²) in [6, 6.07) is 10.0. The topological polar surface area (TPSA) is 119 Å². The third-order valence-corrected chi connectivity index (χ3v) is 38.6. The number of hydrogen-bond acceptors (Lipinski definition) is 9. The van der Waals surface area contributed by atoms with Gasteiger partial charge in [-0.2, -0.15) is 26.3 Å². The van der Waals surface area contributed by atoms with Crippen LogP contribution in [0.4, 0.5) is 26.3 Å². The van der Waals surface area contributed by atoms with Gasteiger partial charge in [-0.15, -0.1) is 0 Å². The monoisotopic (exact) mass is 1380 g/mol. The first-order valence-electron chi connectivity index (χ1n) is 33.7. The van der Waals surface area contributed by atoms with Crippen molar-refractivity contribution < 1.29 is 73.0 Å². The van der Waals surface area contributed by atoms with Crippen molar-refractivity contribution in [2.24, 2.45) is 35.5 Å². The third kappa shape index (κ3) is 26.9. The van der Waals surface area contributed by atoms with Crippen LogP contribution in [0.5, 0.6) is 11.5 Å². The maximum atomic E-state index is 13.4. The number of ether oxygens (including phenoxy) is 3. The molecule has 0 heterocycles. The highest BCUT2D eigenvalue weighted by Gasteiger charge is 2.49. The fourth-order valence-electron chi connectivity index (χ4n) is 10.7. The van der Waals surface area contributed by atoms with E-state index in [1.54, 1.807) is 12.1 Å². The van der Waals surface area contributed by atoms with Crippen molar-refractivity contribution in [2.75, 3.05) is 20.3 Å². The molecular weight excluding hydrogens is 1260 g/mol. The van der Waals surface area contributed by atoms with Gasteiger partial charge in [0.2, 0.25) is 0 Å². The van der Waals surface area contributed by atoms with Crippen LogP contribution in [0.1, 0.15) is 172 Å². The lowest BCUT2D eigenvalue weighted by atomic mass is 9.87. The van der Waals surface area contributed by atoms with Gasteiger partial charge in [0.25, 0.3) is 0 Å². The van der Waals surface area contributed by atoms with E-state index >= 15 is 0 Å². The minimum atomic E-state index is -4.45. The van der Waals surface area contributed by atoms with Crippen molar-refractivity contribution in [1.82, 2.24) is 0 Å². The van der Waals surface area contributed by atoms with Crippen LogP contribution < -0.4 is 9.47 Å². The molecule has 1 N–H and O–H groups in total. The summed E-state index contributed by atoms with van der Waals surface area (Å²) in [5, 5.41) is 9.01. The lowest BCUT2D eigenvalue weighted by molar-refractivity contribution is -0.141. The van der Waals surface area contributed by atoms with Gasteiger partial charge in [-0.3, -0.25) is 9.59 Å².